The van der Waals surface area contributed by atoms with Gasteiger partial charge >= 0.3 is 0 Å². The van der Waals surface area contributed by atoms with Gasteiger partial charge in [0.15, 0.2) is 5.82 Å². The fraction of sp³-hybridized carbons (Fsp3) is 0.214. The van der Waals surface area contributed by atoms with E-state index in [1.807, 2.05) is 24.3 Å². The van der Waals surface area contributed by atoms with Crippen molar-refractivity contribution in [2.75, 3.05) is 20.3 Å². The van der Waals surface area contributed by atoms with Crippen LogP contribution in [0.2, 0.25) is 0 Å². The van der Waals surface area contributed by atoms with E-state index in [2.05, 4.69) is 15.1 Å². The zero-order valence-corrected chi connectivity index (χ0v) is 11.1. The second-order valence-electron chi connectivity index (χ2n) is 4.19. The van der Waals surface area contributed by atoms with Gasteiger partial charge in [-0.15, -0.1) is 0 Å². The van der Waals surface area contributed by atoms with E-state index in [1.54, 1.807) is 24.2 Å². The lowest BCUT2D eigenvalue weighted by Gasteiger charge is -2.06. The highest BCUT2D eigenvalue weighted by Gasteiger charge is 2.06. The van der Waals surface area contributed by atoms with Gasteiger partial charge in [0.05, 0.1) is 18.3 Å². The Morgan fingerprint density at radius 2 is 2.15 bits per heavy atom. The molecule has 0 N–H and O–H groups in total. The molecule has 0 unspecified atom stereocenters. The quantitative estimate of drug-likeness (QED) is 0.662. The van der Waals surface area contributed by atoms with Gasteiger partial charge in [0, 0.05) is 24.8 Å². The van der Waals surface area contributed by atoms with Crippen LogP contribution in [-0.2, 0) is 4.74 Å². The number of hydrogen-bond donors (Lipinski definition) is 0. The first-order chi connectivity index (χ1) is 9.88. The van der Waals surface area contributed by atoms with Crippen LogP contribution in [0.1, 0.15) is 0 Å². The monoisotopic (exact) mass is 270 g/mol. The minimum atomic E-state index is 0.530. The maximum atomic E-state index is 5.58. The molecule has 6 nitrogen and oxygen atoms in total. The van der Waals surface area contributed by atoms with Gasteiger partial charge in [0.1, 0.15) is 18.7 Å². The molecule has 2 heterocycles. The van der Waals surface area contributed by atoms with Crippen molar-refractivity contribution < 1.29 is 9.47 Å². The second kappa shape index (κ2) is 5.66. The van der Waals surface area contributed by atoms with E-state index < -0.39 is 0 Å². The van der Waals surface area contributed by atoms with E-state index in [-0.39, 0.29) is 0 Å². The van der Waals surface area contributed by atoms with Crippen LogP contribution >= 0.6 is 0 Å². The summed E-state index contributed by atoms with van der Waals surface area (Å²) in [6.07, 6.45) is 4.99. The number of hydrogen-bond acceptors (Lipinski definition) is 5. The SMILES string of the molecule is COCCOc1ccc2c(cnn2-c2ccncn2)c1. The summed E-state index contributed by atoms with van der Waals surface area (Å²) >= 11 is 0. The summed E-state index contributed by atoms with van der Waals surface area (Å²) in [4.78, 5) is 8.10. The van der Waals surface area contributed by atoms with Crippen LogP contribution in [0.4, 0.5) is 0 Å². The highest BCUT2D eigenvalue weighted by molar-refractivity contribution is 5.81. The minimum absolute atomic E-state index is 0.530. The average molecular weight is 270 g/mol. The number of fused-ring (bicyclic) bond motifs is 1. The standard InChI is InChI=1S/C14H14N4O2/c1-19-6-7-20-12-2-3-13-11(8-12)9-17-18(13)14-4-5-15-10-16-14/h2-5,8-10H,6-7H2,1H3. The first-order valence-corrected chi connectivity index (χ1v) is 6.24. The maximum absolute atomic E-state index is 5.58. The summed E-state index contributed by atoms with van der Waals surface area (Å²) in [7, 11) is 1.65. The van der Waals surface area contributed by atoms with Gasteiger partial charge in [0.2, 0.25) is 0 Å². The second-order valence-corrected chi connectivity index (χ2v) is 4.19. The number of benzene rings is 1. The summed E-state index contributed by atoms with van der Waals surface area (Å²) in [5, 5.41) is 5.35. The molecule has 0 saturated heterocycles. The van der Waals surface area contributed by atoms with Crippen LogP contribution in [0.15, 0.2) is 43.0 Å². The third-order valence-corrected chi connectivity index (χ3v) is 2.88. The third-order valence-electron chi connectivity index (χ3n) is 2.88. The van der Waals surface area contributed by atoms with Crippen LogP contribution in [0.5, 0.6) is 5.75 Å². The van der Waals surface area contributed by atoms with E-state index in [0.717, 1.165) is 22.5 Å². The molecular formula is C14H14N4O2. The van der Waals surface area contributed by atoms with Crippen molar-refractivity contribution in [2.45, 2.75) is 0 Å². The van der Waals surface area contributed by atoms with Crippen LogP contribution in [-0.4, -0.2) is 40.1 Å². The summed E-state index contributed by atoms with van der Waals surface area (Å²) in [6.45, 7) is 1.10. The molecule has 3 aromatic rings. The molecule has 0 spiro atoms. The van der Waals surface area contributed by atoms with E-state index >= 15 is 0 Å². The molecule has 0 amide bonds. The van der Waals surface area contributed by atoms with Crippen molar-refractivity contribution in [3.63, 3.8) is 0 Å². The van der Waals surface area contributed by atoms with Gasteiger partial charge in [-0.25, -0.2) is 14.6 Å². The van der Waals surface area contributed by atoms with Crippen molar-refractivity contribution in [3.05, 3.63) is 43.0 Å². The molecule has 0 aliphatic heterocycles. The van der Waals surface area contributed by atoms with E-state index in [4.69, 9.17) is 9.47 Å². The topological polar surface area (TPSA) is 62.1 Å². The van der Waals surface area contributed by atoms with E-state index in [1.165, 1.54) is 6.33 Å². The lowest BCUT2D eigenvalue weighted by atomic mass is 10.2. The molecule has 1 aromatic carbocycles. The molecule has 0 bridgehead atoms. The highest BCUT2D eigenvalue weighted by Crippen LogP contribution is 2.22. The molecule has 0 aliphatic carbocycles. The predicted octanol–water partition coefficient (Wildman–Crippen LogP) is 1.84. The lowest BCUT2D eigenvalue weighted by Crippen LogP contribution is -2.04. The number of nitrogens with zero attached hydrogens (tertiary/aromatic N) is 4. The Labute approximate surface area is 116 Å². The fourth-order valence-electron chi connectivity index (χ4n) is 1.94. The minimum Gasteiger partial charge on any atom is -0.491 e. The average Bonchev–Trinajstić information content (AvgIpc) is 2.91. The van der Waals surface area contributed by atoms with E-state index in [9.17, 15) is 0 Å². The van der Waals surface area contributed by atoms with E-state index in [0.29, 0.717) is 13.2 Å². The Bertz CT molecular complexity index is 697. The zero-order valence-electron chi connectivity index (χ0n) is 11.1. The molecule has 102 valence electrons. The number of aromatic nitrogens is 4. The fourth-order valence-corrected chi connectivity index (χ4v) is 1.94. The molecule has 6 heteroatoms. The Morgan fingerprint density at radius 3 is 2.95 bits per heavy atom. The molecule has 0 atom stereocenters. The summed E-state index contributed by atoms with van der Waals surface area (Å²) < 4.78 is 12.3. The van der Waals surface area contributed by atoms with Crippen molar-refractivity contribution in [1.29, 1.82) is 0 Å². The number of ether oxygens (including phenoxy) is 2. The van der Waals surface area contributed by atoms with Crippen molar-refractivity contribution in [2.24, 2.45) is 0 Å². The van der Waals surface area contributed by atoms with Gasteiger partial charge in [-0.3, -0.25) is 0 Å². The summed E-state index contributed by atoms with van der Waals surface area (Å²) in [6, 6.07) is 7.65. The van der Waals surface area contributed by atoms with Crippen LogP contribution in [0.25, 0.3) is 16.7 Å². The molecule has 0 radical (unpaired) electrons. The Kier molecular flexibility index (Phi) is 3.56. The van der Waals surface area contributed by atoms with Gasteiger partial charge in [-0.05, 0) is 18.2 Å². The zero-order chi connectivity index (χ0) is 13.8. The molecule has 3 rings (SSSR count). The number of rotatable bonds is 5. The largest absolute Gasteiger partial charge is 0.491 e. The molecule has 0 aliphatic rings. The molecular weight excluding hydrogens is 256 g/mol. The third kappa shape index (κ3) is 2.46. The summed E-state index contributed by atoms with van der Waals surface area (Å²) in [5.41, 5.74) is 0.975. The van der Waals surface area contributed by atoms with Gasteiger partial charge in [0.25, 0.3) is 0 Å². The van der Waals surface area contributed by atoms with Crippen LogP contribution < -0.4 is 4.74 Å². The van der Waals surface area contributed by atoms with Crippen molar-refractivity contribution in [3.8, 4) is 11.6 Å². The normalized spacial score (nSPS) is 10.8. The molecule has 20 heavy (non-hydrogen) atoms. The Hall–Kier alpha value is -2.47. The smallest absolute Gasteiger partial charge is 0.157 e. The van der Waals surface area contributed by atoms with Gasteiger partial charge < -0.3 is 9.47 Å². The lowest BCUT2D eigenvalue weighted by molar-refractivity contribution is 0.146. The summed E-state index contributed by atoms with van der Waals surface area (Å²) in [5.74, 6) is 1.54. The Balaban J connectivity index is 1.91. The van der Waals surface area contributed by atoms with Crippen LogP contribution in [0, 0.1) is 0 Å². The predicted molar refractivity (Wildman–Crippen MR) is 74.0 cm³/mol. The van der Waals surface area contributed by atoms with Gasteiger partial charge in [-0.2, -0.15) is 5.10 Å². The highest BCUT2D eigenvalue weighted by atomic mass is 16.5. The molecule has 0 saturated carbocycles. The molecule has 0 fully saturated rings. The Morgan fingerprint density at radius 1 is 1.20 bits per heavy atom. The maximum Gasteiger partial charge on any atom is 0.157 e. The number of methoxy groups -OCH3 is 1. The van der Waals surface area contributed by atoms with Crippen molar-refractivity contribution in [1.82, 2.24) is 19.7 Å². The molecule has 2 aromatic heterocycles. The first kappa shape index (κ1) is 12.6. The van der Waals surface area contributed by atoms with Crippen LogP contribution in [0.3, 0.4) is 0 Å². The van der Waals surface area contributed by atoms with Gasteiger partial charge in [-0.1, -0.05) is 0 Å². The first-order valence-electron chi connectivity index (χ1n) is 6.24. The van der Waals surface area contributed by atoms with Crippen molar-refractivity contribution >= 4 is 10.9 Å².